The third-order valence-corrected chi connectivity index (χ3v) is 3.18. The molecule has 0 saturated carbocycles. The standard InChI is InChI=1S/C16H21N3O3/c1-2-3-4-5-10-17-15(20)11-21-14-8-6-13(7-9-14)16-19-18-12-22-16/h6-9,12H,2-5,10-11H2,1H3,(H,17,20). The molecule has 1 aromatic heterocycles. The van der Waals surface area contributed by atoms with E-state index in [9.17, 15) is 4.79 Å². The molecule has 0 unspecified atom stereocenters. The summed E-state index contributed by atoms with van der Waals surface area (Å²) < 4.78 is 10.5. The predicted molar refractivity (Wildman–Crippen MR) is 82.4 cm³/mol. The second-order valence-corrected chi connectivity index (χ2v) is 4.97. The Morgan fingerprint density at radius 3 is 2.73 bits per heavy atom. The van der Waals surface area contributed by atoms with Gasteiger partial charge >= 0.3 is 0 Å². The first-order valence-corrected chi connectivity index (χ1v) is 7.55. The first kappa shape index (κ1) is 16.0. The smallest absolute Gasteiger partial charge is 0.257 e. The fraction of sp³-hybridized carbons (Fsp3) is 0.438. The van der Waals surface area contributed by atoms with E-state index in [2.05, 4.69) is 22.4 Å². The maximum absolute atomic E-state index is 11.6. The highest BCUT2D eigenvalue weighted by Gasteiger charge is 2.05. The summed E-state index contributed by atoms with van der Waals surface area (Å²) in [4.78, 5) is 11.6. The molecule has 118 valence electrons. The van der Waals surface area contributed by atoms with Gasteiger partial charge in [-0.15, -0.1) is 10.2 Å². The second kappa shape index (κ2) is 8.81. The van der Waals surface area contributed by atoms with Crippen LogP contribution in [-0.4, -0.2) is 29.3 Å². The Balaban J connectivity index is 1.69. The summed E-state index contributed by atoms with van der Waals surface area (Å²) in [6.45, 7) is 2.89. The lowest BCUT2D eigenvalue weighted by Crippen LogP contribution is -2.29. The molecule has 0 aliphatic carbocycles. The molecule has 22 heavy (non-hydrogen) atoms. The molecule has 0 fully saturated rings. The van der Waals surface area contributed by atoms with Crippen LogP contribution in [-0.2, 0) is 4.79 Å². The van der Waals surface area contributed by atoms with Crippen LogP contribution in [0.2, 0.25) is 0 Å². The van der Waals surface area contributed by atoms with E-state index in [1.54, 1.807) is 12.1 Å². The number of nitrogens with zero attached hydrogens (tertiary/aromatic N) is 2. The molecular weight excluding hydrogens is 282 g/mol. The number of ether oxygens (including phenoxy) is 1. The van der Waals surface area contributed by atoms with Crippen LogP contribution in [0.15, 0.2) is 35.1 Å². The molecule has 1 amide bonds. The zero-order valence-electron chi connectivity index (χ0n) is 12.7. The molecule has 0 bridgehead atoms. The molecule has 0 aliphatic heterocycles. The molecule has 6 heteroatoms. The number of unbranched alkanes of at least 4 members (excludes halogenated alkanes) is 3. The average molecular weight is 303 g/mol. The number of benzene rings is 1. The Hall–Kier alpha value is -2.37. The van der Waals surface area contributed by atoms with Crippen LogP contribution >= 0.6 is 0 Å². The van der Waals surface area contributed by atoms with Crippen molar-refractivity contribution < 1.29 is 13.9 Å². The monoisotopic (exact) mass is 303 g/mol. The number of hydrogen-bond acceptors (Lipinski definition) is 5. The largest absolute Gasteiger partial charge is 0.484 e. The highest BCUT2D eigenvalue weighted by Crippen LogP contribution is 2.19. The minimum absolute atomic E-state index is 0.0215. The number of nitrogens with one attached hydrogen (secondary N) is 1. The Kier molecular flexibility index (Phi) is 6.41. The molecule has 1 heterocycles. The first-order valence-electron chi connectivity index (χ1n) is 7.55. The van der Waals surface area contributed by atoms with Gasteiger partial charge in [-0.25, -0.2) is 0 Å². The SMILES string of the molecule is CCCCCCNC(=O)COc1ccc(-c2nnco2)cc1. The number of rotatable bonds is 9. The summed E-state index contributed by atoms with van der Waals surface area (Å²) in [5.41, 5.74) is 0.810. The van der Waals surface area contributed by atoms with Gasteiger partial charge in [0.25, 0.3) is 5.91 Å². The summed E-state index contributed by atoms with van der Waals surface area (Å²) in [5, 5.41) is 10.3. The van der Waals surface area contributed by atoms with E-state index >= 15 is 0 Å². The Bertz CT molecular complexity index is 553. The number of carbonyl (C=O) groups excluding carboxylic acids is 1. The summed E-state index contributed by atoms with van der Waals surface area (Å²) in [6, 6.07) is 7.17. The van der Waals surface area contributed by atoms with Gasteiger partial charge in [0, 0.05) is 12.1 Å². The maximum atomic E-state index is 11.6. The molecule has 2 aromatic rings. The van der Waals surface area contributed by atoms with E-state index in [1.165, 1.54) is 19.2 Å². The average Bonchev–Trinajstić information content (AvgIpc) is 3.08. The lowest BCUT2D eigenvalue weighted by atomic mass is 10.2. The zero-order valence-corrected chi connectivity index (χ0v) is 12.7. The summed E-state index contributed by atoms with van der Waals surface area (Å²) in [6.07, 6.45) is 5.84. The van der Waals surface area contributed by atoms with Gasteiger partial charge in [-0.05, 0) is 30.7 Å². The van der Waals surface area contributed by atoms with Gasteiger partial charge in [-0.2, -0.15) is 0 Å². The molecule has 0 spiro atoms. The van der Waals surface area contributed by atoms with E-state index in [0.717, 1.165) is 18.4 Å². The van der Waals surface area contributed by atoms with Gasteiger partial charge in [-0.3, -0.25) is 4.79 Å². The molecule has 1 N–H and O–H groups in total. The number of aromatic nitrogens is 2. The highest BCUT2D eigenvalue weighted by molar-refractivity contribution is 5.77. The van der Waals surface area contributed by atoms with E-state index < -0.39 is 0 Å². The molecule has 6 nitrogen and oxygen atoms in total. The van der Waals surface area contributed by atoms with Gasteiger partial charge in [0.2, 0.25) is 12.3 Å². The van der Waals surface area contributed by atoms with Crippen molar-refractivity contribution in [1.29, 1.82) is 0 Å². The van der Waals surface area contributed by atoms with Crippen molar-refractivity contribution >= 4 is 5.91 Å². The van der Waals surface area contributed by atoms with E-state index in [-0.39, 0.29) is 12.5 Å². The van der Waals surface area contributed by atoms with Gasteiger partial charge < -0.3 is 14.5 Å². The second-order valence-electron chi connectivity index (χ2n) is 4.97. The zero-order chi connectivity index (χ0) is 15.6. The minimum atomic E-state index is -0.0996. The molecule has 2 rings (SSSR count). The van der Waals surface area contributed by atoms with Crippen molar-refractivity contribution in [2.75, 3.05) is 13.2 Å². The number of carbonyl (C=O) groups is 1. The molecule has 0 radical (unpaired) electrons. The maximum Gasteiger partial charge on any atom is 0.257 e. The third kappa shape index (κ3) is 5.20. The molecule has 1 aromatic carbocycles. The first-order chi connectivity index (χ1) is 10.8. The van der Waals surface area contributed by atoms with Crippen molar-refractivity contribution in [2.24, 2.45) is 0 Å². The topological polar surface area (TPSA) is 77.2 Å². The lowest BCUT2D eigenvalue weighted by molar-refractivity contribution is -0.123. The van der Waals surface area contributed by atoms with Gasteiger partial charge in [0.1, 0.15) is 5.75 Å². The van der Waals surface area contributed by atoms with Crippen LogP contribution in [0.25, 0.3) is 11.5 Å². The Morgan fingerprint density at radius 1 is 1.23 bits per heavy atom. The third-order valence-electron chi connectivity index (χ3n) is 3.18. The summed E-state index contributed by atoms with van der Waals surface area (Å²) >= 11 is 0. The van der Waals surface area contributed by atoms with Crippen LogP contribution < -0.4 is 10.1 Å². The highest BCUT2D eigenvalue weighted by atomic mass is 16.5. The number of amides is 1. The van der Waals surface area contributed by atoms with Crippen molar-refractivity contribution in [3.8, 4) is 17.2 Å². The number of hydrogen-bond donors (Lipinski definition) is 1. The van der Waals surface area contributed by atoms with E-state index in [4.69, 9.17) is 9.15 Å². The van der Waals surface area contributed by atoms with Crippen LogP contribution in [0.1, 0.15) is 32.6 Å². The molecule has 0 atom stereocenters. The normalized spacial score (nSPS) is 10.4. The van der Waals surface area contributed by atoms with Crippen molar-refractivity contribution in [3.05, 3.63) is 30.7 Å². The van der Waals surface area contributed by atoms with Crippen molar-refractivity contribution in [1.82, 2.24) is 15.5 Å². The van der Waals surface area contributed by atoms with Crippen molar-refractivity contribution in [2.45, 2.75) is 32.6 Å². The summed E-state index contributed by atoms with van der Waals surface area (Å²) in [5.74, 6) is 0.984. The molecule has 0 saturated heterocycles. The lowest BCUT2D eigenvalue weighted by Gasteiger charge is -2.07. The fourth-order valence-electron chi connectivity index (χ4n) is 1.97. The van der Waals surface area contributed by atoms with Crippen LogP contribution in [0.5, 0.6) is 5.75 Å². The molecular formula is C16H21N3O3. The van der Waals surface area contributed by atoms with Gasteiger partial charge in [0.15, 0.2) is 6.61 Å². The molecule has 0 aliphatic rings. The van der Waals surface area contributed by atoms with Crippen LogP contribution in [0.3, 0.4) is 0 Å². The minimum Gasteiger partial charge on any atom is -0.484 e. The predicted octanol–water partition coefficient (Wildman–Crippen LogP) is 2.81. The Labute approximate surface area is 129 Å². The van der Waals surface area contributed by atoms with Crippen LogP contribution in [0, 0.1) is 0 Å². The quantitative estimate of drug-likeness (QED) is 0.721. The summed E-state index contributed by atoms with van der Waals surface area (Å²) in [7, 11) is 0. The fourth-order valence-corrected chi connectivity index (χ4v) is 1.97. The van der Waals surface area contributed by atoms with Crippen LogP contribution in [0.4, 0.5) is 0 Å². The van der Waals surface area contributed by atoms with Gasteiger partial charge in [0.05, 0.1) is 0 Å². The van der Waals surface area contributed by atoms with Crippen molar-refractivity contribution in [3.63, 3.8) is 0 Å². The van der Waals surface area contributed by atoms with E-state index in [0.29, 0.717) is 18.2 Å². The Morgan fingerprint density at radius 2 is 2.05 bits per heavy atom. The van der Waals surface area contributed by atoms with E-state index in [1.807, 2.05) is 12.1 Å². The van der Waals surface area contributed by atoms with Gasteiger partial charge in [-0.1, -0.05) is 26.2 Å².